The van der Waals surface area contributed by atoms with E-state index in [-0.39, 0.29) is 6.04 Å². The largest absolute Gasteiger partial charge is 0.389 e. The summed E-state index contributed by atoms with van der Waals surface area (Å²) in [6.07, 6.45) is -0.505. The van der Waals surface area contributed by atoms with E-state index in [4.69, 9.17) is 0 Å². The summed E-state index contributed by atoms with van der Waals surface area (Å²) in [5.74, 6) is 0. The van der Waals surface area contributed by atoms with Gasteiger partial charge < -0.3 is 15.3 Å². The third-order valence-electron chi connectivity index (χ3n) is 3.03. The fourth-order valence-electron chi connectivity index (χ4n) is 1.90. The Balaban J connectivity index is 2.52. The van der Waals surface area contributed by atoms with Gasteiger partial charge in [-0.25, -0.2) is 0 Å². The van der Waals surface area contributed by atoms with Gasteiger partial charge in [0, 0.05) is 12.6 Å². The molecule has 0 radical (unpaired) electrons. The standard InChI is InChI=1S/C10H21NO3/c1-3-4-5-11-6-8(12)10(14)9(13)7(11)2/h7-10,12-14H,3-6H2,1-2H3/t7-,8-,9-,10+/m1/s1. The van der Waals surface area contributed by atoms with Gasteiger partial charge in [-0.3, -0.25) is 4.90 Å². The molecule has 0 bridgehead atoms. The van der Waals surface area contributed by atoms with Crippen molar-refractivity contribution in [1.29, 1.82) is 0 Å². The van der Waals surface area contributed by atoms with Crippen molar-refractivity contribution in [1.82, 2.24) is 4.90 Å². The zero-order valence-electron chi connectivity index (χ0n) is 8.93. The molecule has 1 aliphatic rings. The Hall–Kier alpha value is -0.160. The zero-order valence-corrected chi connectivity index (χ0v) is 8.93. The highest BCUT2D eigenvalue weighted by molar-refractivity contribution is 4.91. The zero-order chi connectivity index (χ0) is 10.7. The van der Waals surface area contributed by atoms with Crippen LogP contribution in [0.2, 0.25) is 0 Å². The van der Waals surface area contributed by atoms with E-state index in [9.17, 15) is 15.3 Å². The van der Waals surface area contributed by atoms with Crippen molar-refractivity contribution in [2.24, 2.45) is 0 Å². The molecule has 4 atom stereocenters. The highest BCUT2D eigenvalue weighted by Gasteiger charge is 2.38. The molecule has 1 fully saturated rings. The molecule has 0 spiro atoms. The molecule has 1 aliphatic heterocycles. The average Bonchev–Trinajstić information content (AvgIpc) is 2.18. The van der Waals surface area contributed by atoms with E-state index in [1.54, 1.807) is 0 Å². The van der Waals surface area contributed by atoms with Gasteiger partial charge in [-0.1, -0.05) is 13.3 Å². The lowest BCUT2D eigenvalue weighted by Crippen LogP contribution is -2.60. The fourth-order valence-corrected chi connectivity index (χ4v) is 1.90. The van der Waals surface area contributed by atoms with Crippen LogP contribution in [0, 0.1) is 0 Å². The summed E-state index contributed by atoms with van der Waals surface area (Å²) in [6, 6.07) is -0.0695. The minimum Gasteiger partial charge on any atom is -0.389 e. The van der Waals surface area contributed by atoms with Gasteiger partial charge in [-0.05, 0) is 19.9 Å². The fraction of sp³-hybridized carbons (Fsp3) is 1.00. The van der Waals surface area contributed by atoms with Gasteiger partial charge in [0.2, 0.25) is 0 Å². The van der Waals surface area contributed by atoms with E-state index >= 15 is 0 Å². The number of nitrogens with zero attached hydrogens (tertiary/aromatic N) is 1. The number of hydrogen-bond donors (Lipinski definition) is 3. The number of likely N-dealkylation sites (tertiary alicyclic amines) is 1. The van der Waals surface area contributed by atoms with Crippen LogP contribution in [0.5, 0.6) is 0 Å². The molecule has 4 heteroatoms. The van der Waals surface area contributed by atoms with Crippen LogP contribution in [0.15, 0.2) is 0 Å². The topological polar surface area (TPSA) is 63.9 Å². The van der Waals surface area contributed by atoms with Crippen LogP contribution in [0.25, 0.3) is 0 Å². The molecule has 0 saturated carbocycles. The maximum absolute atomic E-state index is 9.63. The quantitative estimate of drug-likeness (QED) is 0.582. The number of aliphatic hydroxyl groups excluding tert-OH is 3. The second-order valence-electron chi connectivity index (χ2n) is 4.14. The van der Waals surface area contributed by atoms with E-state index < -0.39 is 18.3 Å². The van der Waals surface area contributed by atoms with Gasteiger partial charge in [0.1, 0.15) is 6.10 Å². The van der Waals surface area contributed by atoms with Gasteiger partial charge >= 0.3 is 0 Å². The molecule has 4 nitrogen and oxygen atoms in total. The summed E-state index contributed by atoms with van der Waals surface area (Å²) in [6.45, 7) is 5.32. The summed E-state index contributed by atoms with van der Waals surface area (Å²) >= 11 is 0. The lowest BCUT2D eigenvalue weighted by Gasteiger charge is -2.42. The Morgan fingerprint density at radius 2 is 1.86 bits per heavy atom. The molecule has 0 aromatic heterocycles. The van der Waals surface area contributed by atoms with Crippen LogP contribution in [-0.2, 0) is 0 Å². The van der Waals surface area contributed by atoms with Gasteiger partial charge in [-0.15, -0.1) is 0 Å². The molecule has 0 aliphatic carbocycles. The van der Waals surface area contributed by atoms with Crippen molar-refractivity contribution in [2.45, 2.75) is 51.0 Å². The van der Waals surface area contributed by atoms with Gasteiger partial charge in [0.05, 0.1) is 12.2 Å². The maximum Gasteiger partial charge on any atom is 0.108 e. The van der Waals surface area contributed by atoms with Crippen LogP contribution in [0.4, 0.5) is 0 Å². The van der Waals surface area contributed by atoms with Crippen molar-refractivity contribution in [3.05, 3.63) is 0 Å². The van der Waals surface area contributed by atoms with Gasteiger partial charge in [-0.2, -0.15) is 0 Å². The van der Waals surface area contributed by atoms with E-state index in [1.807, 2.05) is 11.8 Å². The third-order valence-corrected chi connectivity index (χ3v) is 3.03. The van der Waals surface area contributed by atoms with Crippen LogP contribution in [-0.4, -0.2) is 57.7 Å². The van der Waals surface area contributed by atoms with Crippen molar-refractivity contribution in [3.8, 4) is 0 Å². The van der Waals surface area contributed by atoms with E-state index in [0.717, 1.165) is 19.4 Å². The first-order chi connectivity index (χ1) is 6.57. The Morgan fingerprint density at radius 1 is 1.21 bits per heavy atom. The predicted octanol–water partition coefficient (Wildman–Crippen LogP) is -0.427. The first-order valence-corrected chi connectivity index (χ1v) is 5.36. The van der Waals surface area contributed by atoms with Crippen molar-refractivity contribution < 1.29 is 15.3 Å². The predicted molar refractivity (Wildman–Crippen MR) is 54.0 cm³/mol. The van der Waals surface area contributed by atoms with Gasteiger partial charge in [0.15, 0.2) is 0 Å². The monoisotopic (exact) mass is 203 g/mol. The summed E-state index contributed by atoms with van der Waals surface area (Å²) in [5.41, 5.74) is 0. The van der Waals surface area contributed by atoms with Crippen LogP contribution < -0.4 is 0 Å². The lowest BCUT2D eigenvalue weighted by molar-refractivity contribution is -0.133. The Labute approximate surface area is 85.2 Å². The summed E-state index contributed by atoms with van der Waals surface area (Å²) in [7, 11) is 0. The minimum atomic E-state index is -0.997. The molecule has 1 rings (SSSR count). The van der Waals surface area contributed by atoms with Crippen molar-refractivity contribution in [3.63, 3.8) is 0 Å². The number of rotatable bonds is 3. The number of hydrogen-bond acceptors (Lipinski definition) is 4. The van der Waals surface area contributed by atoms with Crippen LogP contribution >= 0.6 is 0 Å². The Kier molecular flexibility index (Phi) is 4.31. The molecular formula is C10H21NO3. The van der Waals surface area contributed by atoms with E-state index in [1.165, 1.54) is 0 Å². The number of unbranched alkanes of at least 4 members (excludes halogenated alkanes) is 1. The molecule has 0 aromatic rings. The Morgan fingerprint density at radius 3 is 2.43 bits per heavy atom. The molecule has 1 heterocycles. The highest BCUT2D eigenvalue weighted by atomic mass is 16.4. The molecular weight excluding hydrogens is 182 g/mol. The number of piperidine rings is 1. The molecule has 0 unspecified atom stereocenters. The molecule has 0 amide bonds. The Bertz CT molecular complexity index is 177. The van der Waals surface area contributed by atoms with E-state index in [0.29, 0.717) is 6.54 Å². The lowest BCUT2D eigenvalue weighted by atomic mass is 9.95. The van der Waals surface area contributed by atoms with Crippen LogP contribution in [0.1, 0.15) is 26.7 Å². The third kappa shape index (κ3) is 2.45. The number of β-amino-alcohol motifs (C(OH)–C–C–N with tert-alkyl or cyclic N) is 1. The summed E-state index contributed by atoms with van der Waals surface area (Å²) < 4.78 is 0. The van der Waals surface area contributed by atoms with E-state index in [2.05, 4.69) is 6.92 Å². The first-order valence-electron chi connectivity index (χ1n) is 5.36. The minimum absolute atomic E-state index is 0.0695. The molecule has 14 heavy (non-hydrogen) atoms. The van der Waals surface area contributed by atoms with Crippen molar-refractivity contribution in [2.75, 3.05) is 13.1 Å². The maximum atomic E-state index is 9.63. The van der Waals surface area contributed by atoms with Crippen molar-refractivity contribution >= 4 is 0 Å². The smallest absolute Gasteiger partial charge is 0.108 e. The summed E-state index contributed by atoms with van der Waals surface area (Å²) in [5, 5.41) is 28.6. The normalized spacial score (nSPS) is 40.1. The molecule has 84 valence electrons. The second kappa shape index (κ2) is 5.07. The summed E-state index contributed by atoms with van der Waals surface area (Å²) in [4.78, 5) is 2.03. The highest BCUT2D eigenvalue weighted by Crippen LogP contribution is 2.18. The number of aliphatic hydroxyl groups is 3. The van der Waals surface area contributed by atoms with Gasteiger partial charge in [0.25, 0.3) is 0 Å². The average molecular weight is 203 g/mol. The SMILES string of the molecule is CCCCN1C[C@@H](O)[C@H](O)[C@H](O)[C@H]1C. The molecule has 0 aromatic carbocycles. The second-order valence-corrected chi connectivity index (χ2v) is 4.14. The molecule has 1 saturated heterocycles. The molecule has 3 N–H and O–H groups in total. The first kappa shape index (κ1) is 11.9. The van der Waals surface area contributed by atoms with Crippen LogP contribution in [0.3, 0.4) is 0 Å².